The zero-order chi connectivity index (χ0) is 14.6. The fourth-order valence-electron chi connectivity index (χ4n) is 2.06. The summed E-state index contributed by atoms with van der Waals surface area (Å²) in [6.07, 6.45) is 0. The largest absolute Gasteiger partial charge is 0.398 e. The van der Waals surface area contributed by atoms with Crippen molar-refractivity contribution in [3.63, 3.8) is 0 Å². The number of aryl methyl sites for hydroxylation is 2. The maximum Gasteiger partial charge on any atom is 0.241 e. The highest BCUT2D eigenvalue weighted by Crippen LogP contribution is 2.27. The van der Waals surface area contributed by atoms with E-state index in [1.54, 1.807) is 19.9 Å². The number of nitrogens with one attached hydrogen (secondary N) is 1. The summed E-state index contributed by atoms with van der Waals surface area (Å²) in [7, 11) is -3.55. The first-order valence-electron chi connectivity index (χ1n) is 6.25. The highest BCUT2D eigenvalue weighted by Gasteiger charge is 2.21. The number of sulfonamides is 1. The predicted octanol–water partition coefficient (Wildman–Crippen LogP) is 1.51. The van der Waals surface area contributed by atoms with Gasteiger partial charge in [0.15, 0.2) is 0 Å². The molecule has 0 aromatic heterocycles. The third-order valence-electron chi connectivity index (χ3n) is 2.97. The van der Waals surface area contributed by atoms with Crippen molar-refractivity contribution >= 4 is 15.7 Å². The molecular formula is C13H22N2O3S. The van der Waals surface area contributed by atoms with Gasteiger partial charge in [0.1, 0.15) is 0 Å². The standard InChI is InChI=1S/C13H22N2O3S/c1-5-18-7-6-15-19(16,17)13-10(3)8-9(2)12(14)11(13)4/h8,15H,5-7,14H2,1-4H3. The van der Waals surface area contributed by atoms with E-state index < -0.39 is 10.0 Å². The van der Waals surface area contributed by atoms with Gasteiger partial charge in [-0.1, -0.05) is 6.07 Å². The van der Waals surface area contributed by atoms with Gasteiger partial charge in [0.2, 0.25) is 10.0 Å². The molecule has 6 heteroatoms. The van der Waals surface area contributed by atoms with Gasteiger partial charge < -0.3 is 10.5 Å². The highest BCUT2D eigenvalue weighted by atomic mass is 32.2. The van der Waals surface area contributed by atoms with E-state index in [1.165, 1.54) is 0 Å². The Hall–Kier alpha value is -1.11. The van der Waals surface area contributed by atoms with Crippen molar-refractivity contribution in [1.29, 1.82) is 0 Å². The van der Waals surface area contributed by atoms with Crippen LogP contribution in [0.4, 0.5) is 5.69 Å². The second kappa shape index (κ2) is 6.36. The molecule has 0 amide bonds. The molecule has 3 N–H and O–H groups in total. The summed E-state index contributed by atoms with van der Waals surface area (Å²) in [5, 5.41) is 0. The van der Waals surface area contributed by atoms with E-state index >= 15 is 0 Å². The fraction of sp³-hybridized carbons (Fsp3) is 0.538. The van der Waals surface area contributed by atoms with Gasteiger partial charge >= 0.3 is 0 Å². The van der Waals surface area contributed by atoms with Crippen LogP contribution in [0.5, 0.6) is 0 Å². The molecule has 1 rings (SSSR count). The lowest BCUT2D eigenvalue weighted by molar-refractivity contribution is 0.153. The van der Waals surface area contributed by atoms with Crippen LogP contribution in [0.15, 0.2) is 11.0 Å². The fourth-order valence-corrected chi connectivity index (χ4v) is 3.55. The number of hydrogen-bond acceptors (Lipinski definition) is 4. The van der Waals surface area contributed by atoms with Crippen LogP contribution in [0.1, 0.15) is 23.6 Å². The quantitative estimate of drug-likeness (QED) is 0.613. The maximum absolute atomic E-state index is 12.3. The number of nitrogens with two attached hydrogens (primary N) is 1. The molecule has 0 radical (unpaired) electrons. The van der Waals surface area contributed by atoms with Crippen molar-refractivity contribution in [3.05, 3.63) is 22.8 Å². The van der Waals surface area contributed by atoms with Crippen LogP contribution in [-0.2, 0) is 14.8 Å². The lowest BCUT2D eigenvalue weighted by Gasteiger charge is -2.15. The molecule has 1 aromatic rings. The molecule has 108 valence electrons. The molecular weight excluding hydrogens is 264 g/mol. The van der Waals surface area contributed by atoms with Gasteiger partial charge in [-0.25, -0.2) is 13.1 Å². The van der Waals surface area contributed by atoms with E-state index in [4.69, 9.17) is 10.5 Å². The first kappa shape index (κ1) is 15.9. The van der Waals surface area contributed by atoms with Crippen molar-refractivity contribution in [2.24, 2.45) is 0 Å². The summed E-state index contributed by atoms with van der Waals surface area (Å²) in [4.78, 5) is 0.270. The molecule has 5 nitrogen and oxygen atoms in total. The van der Waals surface area contributed by atoms with Gasteiger partial charge in [-0.15, -0.1) is 0 Å². The van der Waals surface area contributed by atoms with Crippen molar-refractivity contribution < 1.29 is 13.2 Å². The topological polar surface area (TPSA) is 81.4 Å². The normalized spacial score (nSPS) is 11.8. The third-order valence-corrected chi connectivity index (χ3v) is 4.72. The number of ether oxygens (including phenoxy) is 1. The molecule has 19 heavy (non-hydrogen) atoms. The van der Waals surface area contributed by atoms with Crippen LogP contribution in [0.2, 0.25) is 0 Å². The van der Waals surface area contributed by atoms with Gasteiger partial charge in [-0.05, 0) is 44.4 Å². The van der Waals surface area contributed by atoms with Gasteiger partial charge in [0.25, 0.3) is 0 Å². The average Bonchev–Trinajstić information content (AvgIpc) is 2.31. The summed E-state index contributed by atoms with van der Waals surface area (Å²) >= 11 is 0. The second-order valence-corrected chi connectivity index (χ2v) is 6.18. The molecule has 0 atom stereocenters. The van der Waals surface area contributed by atoms with Gasteiger partial charge in [0.05, 0.1) is 11.5 Å². The number of rotatable bonds is 6. The molecule has 0 aliphatic carbocycles. The van der Waals surface area contributed by atoms with Crippen molar-refractivity contribution in [1.82, 2.24) is 4.72 Å². The molecule has 0 heterocycles. The molecule has 0 fully saturated rings. The average molecular weight is 286 g/mol. The Balaban J connectivity index is 3.05. The first-order chi connectivity index (χ1) is 8.81. The first-order valence-corrected chi connectivity index (χ1v) is 7.73. The second-order valence-electron chi connectivity index (χ2n) is 4.47. The number of benzene rings is 1. The zero-order valence-corrected chi connectivity index (χ0v) is 12.7. The van der Waals surface area contributed by atoms with Gasteiger partial charge in [-0.3, -0.25) is 0 Å². The molecule has 0 saturated heterocycles. The lowest BCUT2D eigenvalue weighted by atomic mass is 10.1. The lowest BCUT2D eigenvalue weighted by Crippen LogP contribution is -2.29. The zero-order valence-electron chi connectivity index (χ0n) is 11.9. The Bertz CT molecular complexity index is 553. The van der Waals surface area contributed by atoms with E-state index in [2.05, 4.69) is 4.72 Å². The van der Waals surface area contributed by atoms with E-state index in [-0.39, 0.29) is 11.4 Å². The van der Waals surface area contributed by atoms with E-state index in [9.17, 15) is 8.42 Å². The monoisotopic (exact) mass is 286 g/mol. The molecule has 0 saturated carbocycles. The van der Waals surface area contributed by atoms with Crippen LogP contribution in [-0.4, -0.2) is 28.2 Å². The van der Waals surface area contributed by atoms with E-state index in [0.717, 1.165) is 5.56 Å². The predicted molar refractivity (Wildman–Crippen MR) is 76.7 cm³/mol. The van der Waals surface area contributed by atoms with Gasteiger partial charge in [-0.2, -0.15) is 0 Å². The Labute approximate surface area is 115 Å². The smallest absolute Gasteiger partial charge is 0.241 e. The van der Waals surface area contributed by atoms with Crippen molar-refractivity contribution in [3.8, 4) is 0 Å². The Morgan fingerprint density at radius 3 is 2.47 bits per heavy atom. The van der Waals surface area contributed by atoms with Gasteiger partial charge in [0, 0.05) is 18.8 Å². The Morgan fingerprint density at radius 2 is 1.89 bits per heavy atom. The number of anilines is 1. The summed E-state index contributed by atoms with van der Waals surface area (Å²) in [5.74, 6) is 0. The maximum atomic E-state index is 12.3. The minimum absolute atomic E-state index is 0.253. The Morgan fingerprint density at radius 1 is 1.26 bits per heavy atom. The van der Waals surface area contributed by atoms with Crippen molar-refractivity contribution in [2.75, 3.05) is 25.5 Å². The van der Waals surface area contributed by atoms with Crippen LogP contribution >= 0.6 is 0 Å². The summed E-state index contributed by atoms with van der Waals surface area (Å²) in [6, 6.07) is 1.79. The molecule has 0 aliphatic heterocycles. The Kier molecular flexibility index (Phi) is 5.34. The van der Waals surface area contributed by atoms with Crippen LogP contribution in [0, 0.1) is 20.8 Å². The minimum Gasteiger partial charge on any atom is -0.398 e. The summed E-state index contributed by atoms with van der Waals surface area (Å²) in [6.45, 7) is 8.41. The van der Waals surface area contributed by atoms with E-state index in [1.807, 2.05) is 13.8 Å². The van der Waals surface area contributed by atoms with E-state index in [0.29, 0.717) is 30.0 Å². The minimum atomic E-state index is -3.55. The van der Waals surface area contributed by atoms with Crippen LogP contribution in [0.25, 0.3) is 0 Å². The molecule has 1 aromatic carbocycles. The molecule has 0 bridgehead atoms. The highest BCUT2D eigenvalue weighted by molar-refractivity contribution is 7.89. The molecule has 0 aliphatic rings. The molecule has 0 spiro atoms. The van der Waals surface area contributed by atoms with Crippen molar-refractivity contribution in [2.45, 2.75) is 32.6 Å². The number of nitrogen functional groups attached to an aromatic ring is 1. The SMILES string of the molecule is CCOCCNS(=O)(=O)c1c(C)cc(C)c(N)c1C. The summed E-state index contributed by atoms with van der Waals surface area (Å²) in [5.41, 5.74) is 8.62. The third kappa shape index (κ3) is 3.68. The van der Waals surface area contributed by atoms with Crippen LogP contribution in [0.3, 0.4) is 0 Å². The van der Waals surface area contributed by atoms with Crippen LogP contribution < -0.4 is 10.5 Å². The summed E-state index contributed by atoms with van der Waals surface area (Å²) < 4.78 is 32.2. The number of hydrogen-bond donors (Lipinski definition) is 2. The molecule has 0 unspecified atom stereocenters.